The summed E-state index contributed by atoms with van der Waals surface area (Å²) in [5.74, 6) is -0.452. The number of hydrogen-bond donors (Lipinski definition) is 1. The molecule has 0 saturated heterocycles. The van der Waals surface area contributed by atoms with E-state index < -0.39 is 10.8 Å². The Hall–Kier alpha value is -2.73. The molecule has 1 N–H and O–H groups in total. The Bertz CT molecular complexity index is 716. The van der Waals surface area contributed by atoms with Crippen LogP contribution in [0.25, 0.3) is 0 Å². The summed E-state index contributed by atoms with van der Waals surface area (Å²) in [6.07, 6.45) is 1.22. The minimum Gasteiger partial charge on any atom is -0.267 e. The number of benzene rings is 2. The molecule has 2 aromatic rings. The molecule has 21 heavy (non-hydrogen) atoms. The molecule has 0 saturated carbocycles. The standard InChI is InChI=1S/C14H10ClN3O3/c15-12-6-3-5-10(8-12)14(19)17-16-9-11-4-1-2-7-13(11)18(20)21/h1-9H,(H,17,19). The third kappa shape index (κ3) is 3.87. The van der Waals surface area contributed by atoms with Crippen LogP contribution in [-0.2, 0) is 0 Å². The molecule has 0 spiro atoms. The molecule has 0 aliphatic carbocycles. The van der Waals surface area contributed by atoms with E-state index in [1.54, 1.807) is 30.3 Å². The van der Waals surface area contributed by atoms with Crippen LogP contribution < -0.4 is 5.43 Å². The maximum absolute atomic E-state index is 11.8. The van der Waals surface area contributed by atoms with Gasteiger partial charge < -0.3 is 0 Å². The van der Waals surface area contributed by atoms with Crippen LogP contribution >= 0.6 is 11.6 Å². The van der Waals surface area contributed by atoms with Gasteiger partial charge in [-0.25, -0.2) is 5.43 Å². The molecule has 0 heterocycles. The molecule has 0 aromatic heterocycles. The number of nitrogens with zero attached hydrogens (tertiary/aromatic N) is 2. The Kier molecular flexibility index (Phi) is 4.63. The maximum Gasteiger partial charge on any atom is 0.278 e. The van der Waals surface area contributed by atoms with Gasteiger partial charge in [-0.1, -0.05) is 29.8 Å². The summed E-state index contributed by atoms with van der Waals surface area (Å²) in [4.78, 5) is 22.1. The van der Waals surface area contributed by atoms with Gasteiger partial charge in [0.1, 0.15) is 0 Å². The van der Waals surface area contributed by atoms with Crippen molar-refractivity contribution in [3.63, 3.8) is 0 Å². The summed E-state index contributed by atoms with van der Waals surface area (Å²) in [6, 6.07) is 12.5. The van der Waals surface area contributed by atoms with E-state index in [0.717, 1.165) is 0 Å². The average molecular weight is 304 g/mol. The average Bonchev–Trinajstić information content (AvgIpc) is 2.47. The number of rotatable bonds is 4. The number of hydrogen-bond acceptors (Lipinski definition) is 4. The summed E-state index contributed by atoms with van der Waals surface area (Å²) in [7, 11) is 0. The van der Waals surface area contributed by atoms with E-state index in [1.807, 2.05) is 0 Å². The second-order valence-electron chi connectivity index (χ2n) is 4.03. The number of nitro benzene ring substituents is 1. The summed E-state index contributed by atoms with van der Waals surface area (Å²) in [5.41, 5.74) is 2.85. The number of nitrogens with one attached hydrogen (secondary N) is 1. The first-order valence-corrected chi connectivity index (χ1v) is 6.28. The largest absolute Gasteiger partial charge is 0.278 e. The second-order valence-corrected chi connectivity index (χ2v) is 4.46. The highest BCUT2D eigenvalue weighted by Crippen LogP contribution is 2.15. The fraction of sp³-hybridized carbons (Fsp3) is 0. The van der Waals surface area contributed by atoms with Crippen molar-refractivity contribution >= 4 is 29.4 Å². The number of hydrazone groups is 1. The van der Waals surface area contributed by atoms with Crippen molar-refractivity contribution in [3.05, 3.63) is 74.8 Å². The van der Waals surface area contributed by atoms with Crippen LogP contribution in [0.15, 0.2) is 53.6 Å². The van der Waals surface area contributed by atoms with Gasteiger partial charge in [0, 0.05) is 16.7 Å². The molecule has 7 heteroatoms. The van der Waals surface area contributed by atoms with Crippen molar-refractivity contribution < 1.29 is 9.72 Å². The van der Waals surface area contributed by atoms with Crippen LogP contribution in [0.3, 0.4) is 0 Å². The molecule has 6 nitrogen and oxygen atoms in total. The lowest BCUT2D eigenvalue weighted by molar-refractivity contribution is -0.385. The van der Waals surface area contributed by atoms with E-state index in [-0.39, 0.29) is 5.69 Å². The number of halogens is 1. The molecular formula is C14H10ClN3O3. The zero-order valence-corrected chi connectivity index (χ0v) is 11.4. The predicted octanol–water partition coefficient (Wildman–Crippen LogP) is 3.01. The molecule has 0 fully saturated rings. The van der Waals surface area contributed by atoms with Gasteiger partial charge >= 0.3 is 0 Å². The third-order valence-corrected chi connectivity index (χ3v) is 2.83. The normalized spacial score (nSPS) is 10.5. The highest BCUT2D eigenvalue weighted by molar-refractivity contribution is 6.30. The van der Waals surface area contributed by atoms with Crippen molar-refractivity contribution in [2.24, 2.45) is 5.10 Å². The lowest BCUT2D eigenvalue weighted by atomic mass is 10.2. The van der Waals surface area contributed by atoms with Crippen molar-refractivity contribution in [2.75, 3.05) is 0 Å². The van der Waals surface area contributed by atoms with Gasteiger partial charge in [-0.3, -0.25) is 14.9 Å². The summed E-state index contributed by atoms with van der Waals surface area (Å²) >= 11 is 5.78. The SMILES string of the molecule is O=C(NN=Cc1ccccc1[N+](=O)[O-])c1cccc(Cl)c1. The second kappa shape index (κ2) is 6.62. The van der Waals surface area contributed by atoms with Crippen molar-refractivity contribution in [1.29, 1.82) is 0 Å². The molecule has 0 radical (unpaired) electrons. The number of nitro groups is 1. The zero-order chi connectivity index (χ0) is 15.2. The Morgan fingerprint density at radius 2 is 2.00 bits per heavy atom. The number of para-hydroxylation sites is 1. The monoisotopic (exact) mass is 303 g/mol. The first-order valence-electron chi connectivity index (χ1n) is 5.90. The van der Waals surface area contributed by atoms with Crippen LogP contribution in [0.1, 0.15) is 15.9 Å². The minimum atomic E-state index is -0.514. The van der Waals surface area contributed by atoms with Gasteiger partial charge in [0.15, 0.2) is 0 Å². The quantitative estimate of drug-likeness (QED) is 0.535. The predicted molar refractivity (Wildman–Crippen MR) is 79.6 cm³/mol. The van der Waals surface area contributed by atoms with E-state index in [1.165, 1.54) is 24.4 Å². The van der Waals surface area contributed by atoms with E-state index in [9.17, 15) is 14.9 Å². The topological polar surface area (TPSA) is 84.6 Å². The first-order chi connectivity index (χ1) is 10.1. The molecule has 2 rings (SSSR count). The van der Waals surface area contributed by atoms with Gasteiger partial charge in [0.25, 0.3) is 11.6 Å². The summed E-state index contributed by atoms with van der Waals surface area (Å²) < 4.78 is 0. The minimum absolute atomic E-state index is 0.0849. The first kappa shape index (κ1) is 14.7. The highest BCUT2D eigenvalue weighted by atomic mass is 35.5. The molecule has 0 unspecified atom stereocenters. The molecule has 0 bridgehead atoms. The molecule has 106 valence electrons. The molecule has 0 aliphatic heterocycles. The van der Waals surface area contributed by atoms with Gasteiger partial charge in [0.05, 0.1) is 16.7 Å². The Labute approximate surface area is 125 Å². The smallest absolute Gasteiger partial charge is 0.267 e. The summed E-state index contributed by atoms with van der Waals surface area (Å²) in [5, 5.41) is 15.0. The van der Waals surface area contributed by atoms with Gasteiger partial charge in [0.2, 0.25) is 0 Å². The maximum atomic E-state index is 11.8. The van der Waals surface area contributed by atoms with Gasteiger partial charge in [-0.15, -0.1) is 0 Å². The van der Waals surface area contributed by atoms with Crippen LogP contribution in [0.4, 0.5) is 5.69 Å². The Morgan fingerprint density at radius 3 is 2.71 bits per heavy atom. The Morgan fingerprint density at radius 1 is 1.24 bits per heavy atom. The molecular weight excluding hydrogens is 294 g/mol. The van der Waals surface area contributed by atoms with Crippen molar-refractivity contribution in [2.45, 2.75) is 0 Å². The lowest BCUT2D eigenvalue weighted by Gasteiger charge is -2.00. The van der Waals surface area contributed by atoms with E-state index in [4.69, 9.17) is 11.6 Å². The van der Waals surface area contributed by atoms with Crippen LogP contribution in [0, 0.1) is 10.1 Å². The molecule has 0 aliphatic rings. The lowest BCUT2D eigenvalue weighted by Crippen LogP contribution is -2.17. The van der Waals surface area contributed by atoms with Crippen molar-refractivity contribution in [3.8, 4) is 0 Å². The molecule has 1 amide bonds. The van der Waals surface area contributed by atoms with Crippen LogP contribution in [0.2, 0.25) is 5.02 Å². The number of amides is 1. The fourth-order valence-electron chi connectivity index (χ4n) is 1.62. The van der Waals surface area contributed by atoms with E-state index in [2.05, 4.69) is 10.5 Å². The molecule has 2 aromatic carbocycles. The van der Waals surface area contributed by atoms with Gasteiger partial charge in [-0.2, -0.15) is 5.10 Å². The van der Waals surface area contributed by atoms with Crippen LogP contribution in [0.5, 0.6) is 0 Å². The highest BCUT2D eigenvalue weighted by Gasteiger charge is 2.10. The number of carbonyl (C=O) groups is 1. The molecule has 0 atom stereocenters. The van der Waals surface area contributed by atoms with Gasteiger partial charge in [-0.05, 0) is 24.3 Å². The Balaban J connectivity index is 2.09. The van der Waals surface area contributed by atoms with Crippen molar-refractivity contribution in [1.82, 2.24) is 5.43 Å². The van der Waals surface area contributed by atoms with E-state index >= 15 is 0 Å². The zero-order valence-electron chi connectivity index (χ0n) is 10.7. The third-order valence-electron chi connectivity index (χ3n) is 2.59. The number of carbonyl (C=O) groups excluding carboxylic acids is 1. The fourth-order valence-corrected chi connectivity index (χ4v) is 1.81. The van der Waals surface area contributed by atoms with Crippen LogP contribution in [-0.4, -0.2) is 17.0 Å². The summed E-state index contributed by atoms with van der Waals surface area (Å²) in [6.45, 7) is 0. The van der Waals surface area contributed by atoms with E-state index in [0.29, 0.717) is 16.1 Å².